The van der Waals surface area contributed by atoms with Crippen LogP contribution in [0.3, 0.4) is 0 Å². The third-order valence-electron chi connectivity index (χ3n) is 2.91. The number of carbonyl (C=O) groups excluding carboxylic acids is 1. The number of carbonyl (C=O) groups is 1. The van der Waals surface area contributed by atoms with E-state index in [2.05, 4.69) is 21.2 Å². The monoisotopic (exact) mass is 335 g/mol. The number of methoxy groups -OCH3 is 1. The number of rotatable bonds is 3. The highest BCUT2D eigenvalue weighted by Gasteiger charge is 2.12. The van der Waals surface area contributed by atoms with Gasteiger partial charge in [0, 0.05) is 27.4 Å². The third kappa shape index (κ3) is 3.11. The minimum Gasteiger partial charge on any atom is -0.508 e. The molecule has 4 nitrogen and oxygen atoms in total. The Labute approximate surface area is 125 Å². The summed E-state index contributed by atoms with van der Waals surface area (Å²) in [4.78, 5) is 12.2. The second-order valence-corrected chi connectivity index (χ2v) is 5.20. The molecule has 0 spiro atoms. The molecule has 0 unspecified atom stereocenters. The molecule has 1 amide bonds. The zero-order chi connectivity index (χ0) is 14.7. The van der Waals surface area contributed by atoms with Crippen molar-refractivity contribution in [3.05, 3.63) is 52.0 Å². The molecule has 0 heterocycles. The lowest BCUT2D eigenvalue weighted by atomic mass is 10.1. The number of nitrogens with one attached hydrogen (secondary N) is 1. The van der Waals surface area contributed by atoms with Gasteiger partial charge in [0.05, 0.1) is 7.11 Å². The van der Waals surface area contributed by atoms with Gasteiger partial charge in [-0.25, -0.2) is 0 Å². The summed E-state index contributed by atoms with van der Waals surface area (Å²) in [5.41, 5.74) is 1.60. The standard InChI is InChI=1S/C15H14BrNO3/c1-9-13(4-3-5-14(9)18)15(19)17-11-6-10(16)7-12(8-11)20-2/h3-8,18H,1-2H3,(H,17,19). The van der Waals surface area contributed by atoms with Gasteiger partial charge in [0.2, 0.25) is 0 Å². The highest BCUT2D eigenvalue weighted by Crippen LogP contribution is 2.26. The van der Waals surface area contributed by atoms with Crippen LogP contribution >= 0.6 is 15.9 Å². The summed E-state index contributed by atoms with van der Waals surface area (Å²) < 4.78 is 5.95. The second kappa shape index (κ2) is 5.96. The van der Waals surface area contributed by atoms with Gasteiger partial charge in [0.1, 0.15) is 11.5 Å². The summed E-state index contributed by atoms with van der Waals surface area (Å²) in [5.74, 6) is 0.463. The zero-order valence-corrected chi connectivity index (χ0v) is 12.7. The summed E-state index contributed by atoms with van der Waals surface area (Å²) in [5, 5.41) is 12.4. The minimum atomic E-state index is -0.279. The van der Waals surface area contributed by atoms with Crippen molar-refractivity contribution in [2.24, 2.45) is 0 Å². The van der Waals surface area contributed by atoms with Crippen molar-refractivity contribution in [1.29, 1.82) is 0 Å². The first kappa shape index (κ1) is 14.4. The van der Waals surface area contributed by atoms with Crippen LogP contribution in [0, 0.1) is 6.92 Å². The number of aromatic hydroxyl groups is 1. The van der Waals surface area contributed by atoms with Crippen LogP contribution in [0.25, 0.3) is 0 Å². The van der Waals surface area contributed by atoms with Gasteiger partial charge in [-0.2, -0.15) is 0 Å². The summed E-state index contributed by atoms with van der Waals surface area (Å²) in [6, 6.07) is 10.2. The van der Waals surface area contributed by atoms with Crippen molar-refractivity contribution in [2.75, 3.05) is 12.4 Å². The van der Waals surface area contributed by atoms with Gasteiger partial charge in [-0.05, 0) is 31.2 Å². The SMILES string of the molecule is COc1cc(Br)cc(NC(=O)c2cccc(O)c2C)c1. The van der Waals surface area contributed by atoms with Gasteiger partial charge in [-0.3, -0.25) is 4.79 Å². The van der Waals surface area contributed by atoms with Crippen LogP contribution < -0.4 is 10.1 Å². The Morgan fingerprint density at radius 2 is 2.05 bits per heavy atom. The second-order valence-electron chi connectivity index (χ2n) is 4.28. The van der Waals surface area contributed by atoms with Crippen LogP contribution in [0.1, 0.15) is 15.9 Å². The number of halogens is 1. The smallest absolute Gasteiger partial charge is 0.256 e. The normalized spacial score (nSPS) is 10.2. The number of amides is 1. The fourth-order valence-corrected chi connectivity index (χ4v) is 2.29. The molecule has 0 radical (unpaired) electrons. The Kier molecular flexibility index (Phi) is 4.29. The van der Waals surface area contributed by atoms with E-state index in [1.165, 1.54) is 0 Å². The van der Waals surface area contributed by atoms with Crippen molar-refractivity contribution >= 4 is 27.5 Å². The van der Waals surface area contributed by atoms with Crippen molar-refractivity contribution < 1.29 is 14.6 Å². The molecule has 0 aliphatic rings. The molecule has 5 heteroatoms. The quantitative estimate of drug-likeness (QED) is 0.898. The van der Waals surface area contributed by atoms with Crippen LogP contribution in [0.15, 0.2) is 40.9 Å². The van der Waals surface area contributed by atoms with E-state index in [9.17, 15) is 9.90 Å². The number of ether oxygens (including phenoxy) is 1. The summed E-state index contributed by atoms with van der Waals surface area (Å²) in [7, 11) is 1.56. The van der Waals surface area contributed by atoms with Crippen LogP contribution in [0.4, 0.5) is 5.69 Å². The van der Waals surface area contributed by atoms with E-state index < -0.39 is 0 Å². The molecule has 2 rings (SSSR count). The van der Waals surface area contributed by atoms with Crippen molar-refractivity contribution in [3.8, 4) is 11.5 Å². The van der Waals surface area contributed by atoms with E-state index in [-0.39, 0.29) is 11.7 Å². The van der Waals surface area contributed by atoms with Gasteiger partial charge >= 0.3 is 0 Å². The molecule has 0 aliphatic heterocycles. The van der Waals surface area contributed by atoms with Gasteiger partial charge in [0.25, 0.3) is 5.91 Å². The summed E-state index contributed by atoms with van der Waals surface area (Å²) in [6.07, 6.45) is 0. The zero-order valence-electron chi connectivity index (χ0n) is 11.1. The number of phenols is 1. The van der Waals surface area contributed by atoms with E-state index >= 15 is 0 Å². The molecule has 0 aliphatic carbocycles. The van der Waals surface area contributed by atoms with E-state index in [4.69, 9.17) is 4.74 Å². The molecule has 0 atom stereocenters. The maximum absolute atomic E-state index is 12.2. The molecule has 104 valence electrons. The molecule has 0 bridgehead atoms. The van der Waals surface area contributed by atoms with Gasteiger partial charge in [-0.1, -0.05) is 22.0 Å². The Hall–Kier alpha value is -2.01. The van der Waals surface area contributed by atoms with Crippen molar-refractivity contribution in [2.45, 2.75) is 6.92 Å². The number of anilines is 1. The fourth-order valence-electron chi connectivity index (χ4n) is 1.82. The Morgan fingerprint density at radius 3 is 2.75 bits per heavy atom. The third-order valence-corrected chi connectivity index (χ3v) is 3.37. The molecule has 0 saturated carbocycles. The van der Waals surface area contributed by atoms with Gasteiger partial charge in [-0.15, -0.1) is 0 Å². The lowest BCUT2D eigenvalue weighted by Crippen LogP contribution is -2.13. The average Bonchev–Trinajstić information content (AvgIpc) is 2.41. The molecule has 2 aromatic carbocycles. The molecule has 0 fully saturated rings. The molecule has 2 N–H and O–H groups in total. The lowest BCUT2D eigenvalue weighted by molar-refractivity contribution is 0.102. The van der Waals surface area contributed by atoms with Crippen LogP contribution in [-0.2, 0) is 0 Å². The topological polar surface area (TPSA) is 58.6 Å². The summed E-state index contributed by atoms with van der Waals surface area (Å²) in [6.45, 7) is 1.70. The van der Waals surface area contributed by atoms with Crippen LogP contribution in [0.5, 0.6) is 11.5 Å². The van der Waals surface area contributed by atoms with Gasteiger partial charge < -0.3 is 15.2 Å². The highest BCUT2D eigenvalue weighted by molar-refractivity contribution is 9.10. The number of hydrogen-bond acceptors (Lipinski definition) is 3. The predicted octanol–water partition coefficient (Wildman–Crippen LogP) is 3.72. The first-order valence-electron chi connectivity index (χ1n) is 5.96. The molecule has 20 heavy (non-hydrogen) atoms. The number of hydrogen-bond donors (Lipinski definition) is 2. The molecular weight excluding hydrogens is 322 g/mol. The van der Waals surface area contributed by atoms with Crippen LogP contribution in [-0.4, -0.2) is 18.1 Å². The first-order valence-corrected chi connectivity index (χ1v) is 6.75. The molecular formula is C15H14BrNO3. The lowest BCUT2D eigenvalue weighted by Gasteiger charge is -2.10. The number of benzene rings is 2. The number of phenolic OH excluding ortho intramolecular Hbond substituents is 1. The minimum absolute atomic E-state index is 0.101. The van der Waals surface area contributed by atoms with Crippen LogP contribution in [0.2, 0.25) is 0 Å². The van der Waals surface area contributed by atoms with Gasteiger partial charge in [0.15, 0.2) is 0 Å². The Morgan fingerprint density at radius 1 is 1.30 bits per heavy atom. The average molecular weight is 336 g/mol. The summed E-state index contributed by atoms with van der Waals surface area (Å²) >= 11 is 3.35. The predicted molar refractivity (Wildman–Crippen MR) is 81.5 cm³/mol. The van der Waals surface area contributed by atoms with Crippen molar-refractivity contribution in [3.63, 3.8) is 0 Å². The van der Waals surface area contributed by atoms with E-state index in [1.807, 2.05) is 0 Å². The van der Waals surface area contributed by atoms with E-state index in [1.54, 1.807) is 50.4 Å². The Bertz CT molecular complexity index is 656. The van der Waals surface area contributed by atoms with Crippen molar-refractivity contribution in [1.82, 2.24) is 0 Å². The molecule has 0 aromatic heterocycles. The maximum Gasteiger partial charge on any atom is 0.256 e. The largest absolute Gasteiger partial charge is 0.508 e. The molecule has 0 saturated heterocycles. The highest BCUT2D eigenvalue weighted by atomic mass is 79.9. The fraction of sp³-hybridized carbons (Fsp3) is 0.133. The maximum atomic E-state index is 12.2. The van der Waals surface area contributed by atoms with E-state index in [0.717, 1.165) is 4.47 Å². The first-order chi connectivity index (χ1) is 9.51. The molecule has 2 aromatic rings. The Balaban J connectivity index is 2.28. The van der Waals surface area contributed by atoms with E-state index in [0.29, 0.717) is 22.6 Å².